The summed E-state index contributed by atoms with van der Waals surface area (Å²) in [4.78, 5) is 11.0. The quantitative estimate of drug-likeness (QED) is 0.468. The van der Waals surface area contributed by atoms with Gasteiger partial charge in [0.15, 0.2) is 5.78 Å². The van der Waals surface area contributed by atoms with Crippen LogP contribution < -0.4 is 4.73 Å². The molecule has 2 rings (SSSR count). The van der Waals surface area contributed by atoms with Crippen LogP contribution in [-0.4, -0.2) is 11.0 Å². The van der Waals surface area contributed by atoms with Crippen LogP contribution in [0.2, 0.25) is 0 Å². The van der Waals surface area contributed by atoms with Crippen LogP contribution in [0.4, 0.5) is 0 Å². The molecular weight excluding hydrogens is 202 g/mol. The Kier molecular flexibility index (Phi) is 2.68. The summed E-state index contributed by atoms with van der Waals surface area (Å²) in [6.07, 6.45) is 2.79. The van der Waals surface area contributed by atoms with Crippen molar-refractivity contribution < 1.29 is 14.7 Å². The highest BCUT2D eigenvalue weighted by Gasteiger charge is 2.11. The van der Waals surface area contributed by atoms with Crippen molar-refractivity contribution >= 4 is 5.78 Å². The maximum absolute atomic E-state index is 11.0. The lowest BCUT2D eigenvalue weighted by Gasteiger charge is -1.99. The molecule has 2 radical (unpaired) electrons. The van der Waals surface area contributed by atoms with E-state index in [1.54, 1.807) is 6.07 Å². The number of Topliss-reactive ketones (excluding diaryl/α,β-unsaturated/α-hetero) is 1. The van der Waals surface area contributed by atoms with Crippen molar-refractivity contribution in [1.82, 2.24) is 0 Å². The zero-order valence-electron chi connectivity index (χ0n) is 8.50. The molecule has 3 nitrogen and oxygen atoms in total. The number of nitrogens with zero attached hydrogens (tertiary/aromatic N) is 1. The largest absolute Gasteiger partial charge is 0.294 e. The Morgan fingerprint density at radius 1 is 1.12 bits per heavy atom. The van der Waals surface area contributed by atoms with Gasteiger partial charge in [0.05, 0.1) is 11.1 Å². The molecule has 0 saturated carbocycles. The van der Waals surface area contributed by atoms with E-state index in [-0.39, 0.29) is 5.56 Å². The fourth-order valence-electron chi connectivity index (χ4n) is 1.49. The molecule has 1 aromatic heterocycles. The summed E-state index contributed by atoms with van der Waals surface area (Å²) >= 11 is 0. The van der Waals surface area contributed by atoms with E-state index in [4.69, 9.17) is 6.92 Å². The number of rotatable bonds is 2. The van der Waals surface area contributed by atoms with Crippen LogP contribution in [0.3, 0.4) is 0 Å². The van der Waals surface area contributed by atoms with Crippen LogP contribution in [0.1, 0.15) is 10.4 Å². The van der Waals surface area contributed by atoms with Crippen molar-refractivity contribution in [2.45, 2.75) is 0 Å². The molecule has 16 heavy (non-hydrogen) atoms. The van der Waals surface area contributed by atoms with E-state index in [0.717, 1.165) is 15.9 Å². The number of carbonyl (C=O) groups excluding carboxylic acids is 1. The molecule has 0 aliphatic rings. The Morgan fingerprint density at radius 3 is 2.44 bits per heavy atom. The highest BCUT2D eigenvalue weighted by molar-refractivity contribution is 5.99. The van der Waals surface area contributed by atoms with Gasteiger partial charge in [-0.2, -0.15) is 0 Å². The van der Waals surface area contributed by atoms with E-state index < -0.39 is 5.78 Å². The Bertz CT molecular complexity index is 521. The average Bonchev–Trinajstić information content (AvgIpc) is 2.29. The number of ketones is 1. The standard InChI is InChI=1S/C13H10NO2/c1-10(15)12-7-13(9-14(16)8-12)11-5-3-2-4-6-11/h1-9,16H/q+1. The van der Waals surface area contributed by atoms with Gasteiger partial charge in [-0.15, -0.1) is 0 Å². The summed E-state index contributed by atoms with van der Waals surface area (Å²) in [5.41, 5.74) is 1.91. The summed E-state index contributed by atoms with van der Waals surface area (Å²) in [5.74, 6) is -0.569. The van der Waals surface area contributed by atoms with Gasteiger partial charge in [0.2, 0.25) is 12.4 Å². The zero-order chi connectivity index (χ0) is 11.5. The lowest BCUT2D eigenvalue weighted by molar-refractivity contribution is -0.904. The number of pyridine rings is 1. The normalized spacial score (nSPS) is 10.1. The molecule has 0 atom stereocenters. The van der Waals surface area contributed by atoms with Gasteiger partial charge in [-0.1, -0.05) is 30.3 Å². The first kappa shape index (κ1) is 10.4. The monoisotopic (exact) mass is 212 g/mol. The maximum Gasteiger partial charge on any atom is 0.233 e. The third-order valence-electron chi connectivity index (χ3n) is 2.25. The predicted molar refractivity (Wildman–Crippen MR) is 57.9 cm³/mol. The van der Waals surface area contributed by atoms with Gasteiger partial charge < -0.3 is 0 Å². The van der Waals surface area contributed by atoms with E-state index in [2.05, 4.69) is 0 Å². The smallest absolute Gasteiger partial charge is 0.233 e. The Balaban J connectivity index is 2.54. The lowest BCUT2D eigenvalue weighted by Crippen LogP contribution is -2.30. The molecule has 0 aliphatic carbocycles. The van der Waals surface area contributed by atoms with Crippen molar-refractivity contribution in [2.75, 3.05) is 0 Å². The van der Waals surface area contributed by atoms with Gasteiger partial charge in [-0.3, -0.25) is 10.0 Å². The number of hydrogen-bond acceptors (Lipinski definition) is 2. The van der Waals surface area contributed by atoms with Crippen LogP contribution in [0.25, 0.3) is 11.1 Å². The summed E-state index contributed by atoms with van der Waals surface area (Å²) in [6.45, 7) is 5.17. The van der Waals surface area contributed by atoms with Crippen LogP contribution in [0.15, 0.2) is 48.8 Å². The third-order valence-corrected chi connectivity index (χ3v) is 2.25. The van der Waals surface area contributed by atoms with E-state index >= 15 is 0 Å². The summed E-state index contributed by atoms with van der Waals surface area (Å²) in [6, 6.07) is 11.1. The summed E-state index contributed by atoms with van der Waals surface area (Å²) in [5, 5.41) is 9.41. The molecule has 0 amide bonds. The fraction of sp³-hybridized carbons (Fsp3) is 0. The van der Waals surface area contributed by atoms with Crippen LogP contribution >= 0.6 is 0 Å². The first-order valence-electron chi connectivity index (χ1n) is 4.77. The molecule has 0 spiro atoms. The first-order valence-corrected chi connectivity index (χ1v) is 4.77. The van der Waals surface area contributed by atoms with E-state index in [9.17, 15) is 10.0 Å². The molecule has 0 fully saturated rings. The lowest BCUT2D eigenvalue weighted by atomic mass is 10.1. The van der Waals surface area contributed by atoms with Gasteiger partial charge in [0.25, 0.3) is 0 Å². The Labute approximate surface area is 93.6 Å². The molecule has 0 aliphatic heterocycles. The highest BCUT2D eigenvalue weighted by atomic mass is 16.5. The number of aromatic nitrogens is 1. The molecule has 1 N–H and O–H groups in total. The molecule has 78 valence electrons. The van der Waals surface area contributed by atoms with Gasteiger partial charge in [0.1, 0.15) is 0 Å². The first-order chi connectivity index (χ1) is 7.66. The number of carbonyl (C=O) groups is 1. The van der Waals surface area contributed by atoms with Crippen molar-refractivity contribution in [3.8, 4) is 11.1 Å². The van der Waals surface area contributed by atoms with Crippen molar-refractivity contribution in [3.63, 3.8) is 0 Å². The molecule has 1 aromatic carbocycles. The Hall–Kier alpha value is -2.16. The molecular formula is C13H10NO2+. The third kappa shape index (κ3) is 2.08. The predicted octanol–water partition coefficient (Wildman–Crippen LogP) is 1.77. The molecule has 0 unspecified atom stereocenters. The second-order valence-corrected chi connectivity index (χ2v) is 3.42. The van der Waals surface area contributed by atoms with Crippen LogP contribution in [0, 0.1) is 6.92 Å². The van der Waals surface area contributed by atoms with E-state index in [0.29, 0.717) is 0 Å². The zero-order valence-corrected chi connectivity index (χ0v) is 8.50. The highest BCUT2D eigenvalue weighted by Crippen LogP contribution is 2.18. The number of hydrogen-bond donors (Lipinski definition) is 1. The molecule has 0 bridgehead atoms. The minimum atomic E-state index is -0.569. The fourth-order valence-corrected chi connectivity index (χ4v) is 1.49. The minimum Gasteiger partial charge on any atom is -0.294 e. The summed E-state index contributed by atoms with van der Waals surface area (Å²) < 4.78 is 0.836. The maximum atomic E-state index is 11.0. The SMILES string of the molecule is [CH]C(=O)c1cc(-c2ccccc2)c[n+](O)c1. The Morgan fingerprint density at radius 2 is 1.81 bits per heavy atom. The van der Waals surface area contributed by atoms with Crippen LogP contribution in [0.5, 0.6) is 0 Å². The van der Waals surface area contributed by atoms with Gasteiger partial charge in [-0.25, -0.2) is 0 Å². The molecule has 1 heterocycles. The second kappa shape index (κ2) is 4.14. The summed E-state index contributed by atoms with van der Waals surface area (Å²) in [7, 11) is 0. The van der Waals surface area contributed by atoms with E-state index in [1.165, 1.54) is 12.4 Å². The van der Waals surface area contributed by atoms with Crippen molar-refractivity contribution in [3.05, 3.63) is 61.3 Å². The molecule has 2 aromatic rings. The minimum absolute atomic E-state index is 0.267. The van der Waals surface area contributed by atoms with Gasteiger partial charge in [0, 0.05) is 11.7 Å². The average molecular weight is 212 g/mol. The van der Waals surface area contributed by atoms with Crippen molar-refractivity contribution in [1.29, 1.82) is 0 Å². The molecule has 3 heteroatoms. The van der Waals surface area contributed by atoms with Crippen molar-refractivity contribution in [2.24, 2.45) is 0 Å². The number of benzene rings is 1. The second-order valence-electron chi connectivity index (χ2n) is 3.42. The van der Waals surface area contributed by atoms with Gasteiger partial charge >= 0.3 is 0 Å². The van der Waals surface area contributed by atoms with Crippen LogP contribution in [-0.2, 0) is 0 Å². The molecule has 0 saturated heterocycles. The van der Waals surface area contributed by atoms with Gasteiger partial charge in [-0.05, 0) is 11.6 Å². The van der Waals surface area contributed by atoms with E-state index in [1.807, 2.05) is 30.3 Å². The topological polar surface area (TPSA) is 41.2 Å².